The average molecular weight is 380 g/mol. The van der Waals surface area contributed by atoms with E-state index in [-0.39, 0.29) is 11.8 Å². The Morgan fingerprint density at radius 2 is 1.71 bits per heavy atom. The zero-order valence-electron chi connectivity index (χ0n) is 16.8. The monoisotopic (exact) mass is 380 g/mol. The maximum absolute atomic E-state index is 12.9. The Kier molecular flexibility index (Phi) is 6.34. The van der Waals surface area contributed by atoms with E-state index in [9.17, 15) is 9.59 Å². The molecule has 2 aromatic carbocycles. The molecule has 2 aromatic rings. The van der Waals surface area contributed by atoms with Crippen LogP contribution in [0.2, 0.25) is 0 Å². The van der Waals surface area contributed by atoms with E-state index >= 15 is 0 Å². The molecule has 3 rings (SSSR count). The highest BCUT2D eigenvalue weighted by atomic mass is 16.5. The second-order valence-corrected chi connectivity index (χ2v) is 7.37. The van der Waals surface area contributed by atoms with Crippen LogP contribution in [0.4, 0.5) is 5.69 Å². The maximum atomic E-state index is 12.9. The number of hydrogen-bond acceptors (Lipinski definition) is 3. The van der Waals surface area contributed by atoms with Crippen LogP contribution in [-0.4, -0.2) is 35.9 Å². The van der Waals surface area contributed by atoms with Gasteiger partial charge in [0.25, 0.3) is 11.8 Å². The fourth-order valence-electron chi connectivity index (χ4n) is 3.57. The van der Waals surface area contributed by atoms with Crippen LogP contribution in [0.3, 0.4) is 0 Å². The average Bonchev–Trinajstić information content (AvgIpc) is 3.20. The van der Waals surface area contributed by atoms with Gasteiger partial charge in [-0.15, -0.1) is 0 Å². The Morgan fingerprint density at radius 1 is 1.07 bits per heavy atom. The molecule has 28 heavy (non-hydrogen) atoms. The minimum Gasteiger partial charge on any atom is -0.481 e. The lowest BCUT2D eigenvalue weighted by atomic mass is 10.1. The normalized spacial score (nSPS) is 14.6. The van der Waals surface area contributed by atoms with Crippen molar-refractivity contribution in [1.29, 1.82) is 0 Å². The SMILES string of the molecule is CCC(Oc1cc(C)cc(C)c1)C(=O)Nc1ccccc1C(=O)N1CCCC1. The summed E-state index contributed by atoms with van der Waals surface area (Å²) in [5, 5.41) is 2.90. The first kappa shape index (κ1) is 19.9. The van der Waals surface area contributed by atoms with Gasteiger partial charge >= 0.3 is 0 Å². The number of carbonyl (C=O) groups is 2. The van der Waals surface area contributed by atoms with Gasteiger partial charge in [0.2, 0.25) is 0 Å². The first-order chi connectivity index (χ1) is 13.5. The number of nitrogens with one attached hydrogen (secondary N) is 1. The third-order valence-electron chi connectivity index (χ3n) is 4.95. The molecular weight excluding hydrogens is 352 g/mol. The van der Waals surface area contributed by atoms with Crippen molar-refractivity contribution < 1.29 is 14.3 Å². The second kappa shape index (κ2) is 8.91. The summed E-state index contributed by atoms with van der Waals surface area (Å²) in [7, 11) is 0. The molecule has 1 aliphatic rings. The molecule has 0 bridgehead atoms. The molecule has 5 heteroatoms. The van der Waals surface area contributed by atoms with Crippen LogP contribution in [0.15, 0.2) is 42.5 Å². The van der Waals surface area contributed by atoms with Crippen molar-refractivity contribution in [1.82, 2.24) is 4.90 Å². The van der Waals surface area contributed by atoms with Crippen molar-refractivity contribution in [3.05, 3.63) is 59.2 Å². The van der Waals surface area contributed by atoms with E-state index in [2.05, 4.69) is 11.4 Å². The summed E-state index contributed by atoms with van der Waals surface area (Å²) in [6.07, 6.45) is 1.96. The molecule has 0 aliphatic carbocycles. The minimum absolute atomic E-state index is 0.0309. The lowest BCUT2D eigenvalue weighted by molar-refractivity contribution is -0.122. The zero-order valence-corrected chi connectivity index (χ0v) is 16.8. The number of hydrogen-bond donors (Lipinski definition) is 1. The van der Waals surface area contributed by atoms with Crippen molar-refractivity contribution >= 4 is 17.5 Å². The van der Waals surface area contributed by atoms with Crippen molar-refractivity contribution in [2.75, 3.05) is 18.4 Å². The summed E-state index contributed by atoms with van der Waals surface area (Å²) in [6, 6.07) is 13.1. The molecule has 1 atom stereocenters. The predicted octanol–water partition coefficient (Wildman–Crippen LogP) is 4.34. The van der Waals surface area contributed by atoms with Gasteiger partial charge in [0.05, 0.1) is 11.3 Å². The molecule has 148 valence electrons. The highest BCUT2D eigenvalue weighted by molar-refractivity contribution is 6.04. The molecule has 0 aromatic heterocycles. The highest BCUT2D eigenvalue weighted by Crippen LogP contribution is 2.22. The first-order valence-corrected chi connectivity index (χ1v) is 9.92. The van der Waals surface area contributed by atoms with E-state index in [1.165, 1.54) is 0 Å². The number of ether oxygens (including phenoxy) is 1. The van der Waals surface area contributed by atoms with E-state index in [1.807, 2.05) is 49.9 Å². The van der Waals surface area contributed by atoms with Crippen LogP contribution in [0.1, 0.15) is 47.7 Å². The van der Waals surface area contributed by atoms with Gasteiger partial charge in [0, 0.05) is 13.1 Å². The molecule has 1 aliphatic heterocycles. The number of aryl methyl sites for hydroxylation is 2. The molecule has 0 saturated carbocycles. The summed E-state index contributed by atoms with van der Waals surface area (Å²) in [5.41, 5.74) is 3.24. The largest absolute Gasteiger partial charge is 0.481 e. The third-order valence-corrected chi connectivity index (χ3v) is 4.95. The lowest BCUT2D eigenvalue weighted by Crippen LogP contribution is -2.34. The molecule has 0 radical (unpaired) electrons. The Morgan fingerprint density at radius 3 is 2.36 bits per heavy atom. The summed E-state index contributed by atoms with van der Waals surface area (Å²) < 4.78 is 5.95. The van der Waals surface area contributed by atoms with E-state index in [1.54, 1.807) is 12.1 Å². The van der Waals surface area contributed by atoms with Gasteiger partial charge in [-0.25, -0.2) is 0 Å². The van der Waals surface area contributed by atoms with Crippen molar-refractivity contribution in [2.45, 2.75) is 46.1 Å². The topological polar surface area (TPSA) is 58.6 Å². The van der Waals surface area contributed by atoms with Gasteiger partial charge in [-0.2, -0.15) is 0 Å². The van der Waals surface area contributed by atoms with Crippen LogP contribution in [0.25, 0.3) is 0 Å². The number of para-hydroxylation sites is 1. The van der Waals surface area contributed by atoms with E-state index in [0.29, 0.717) is 23.4 Å². The molecule has 1 unspecified atom stereocenters. The molecule has 0 spiro atoms. The number of likely N-dealkylation sites (tertiary alicyclic amines) is 1. The van der Waals surface area contributed by atoms with Crippen LogP contribution in [0, 0.1) is 13.8 Å². The quantitative estimate of drug-likeness (QED) is 0.811. The fourth-order valence-corrected chi connectivity index (χ4v) is 3.57. The summed E-state index contributed by atoms with van der Waals surface area (Å²) in [4.78, 5) is 27.5. The smallest absolute Gasteiger partial charge is 0.265 e. The Labute approximate surface area is 166 Å². The Balaban J connectivity index is 1.75. The Bertz CT molecular complexity index is 836. The van der Waals surface area contributed by atoms with Gasteiger partial charge in [0.1, 0.15) is 5.75 Å². The van der Waals surface area contributed by atoms with Crippen LogP contribution < -0.4 is 10.1 Å². The van der Waals surface area contributed by atoms with Gasteiger partial charge < -0.3 is 15.0 Å². The predicted molar refractivity (Wildman–Crippen MR) is 111 cm³/mol. The molecule has 1 fully saturated rings. The van der Waals surface area contributed by atoms with E-state index in [0.717, 1.165) is 37.1 Å². The fraction of sp³-hybridized carbons (Fsp3) is 0.391. The number of rotatable bonds is 6. The van der Waals surface area contributed by atoms with Gasteiger partial charge in [-0.1, -0.05) is 25.1 Å². The second-order valence-electron chi connectivity index (χ2n) is 7.37. The van der Waals surface area contributed by atoms with Gasteiger partial charge in [-0.3, -0.25) is 9.59 Å². The van der Waals surface area contributed by atoms with Crippen molar-refractivity contribution in [3.8, 4) is 5.75 Å². The summed E-state index contributed by atoms with van der Waals surface area (Å²) in [6.45, 7) is 7.46. The highest BCUT2D eigenvalue weighted by Gasteiger charge is 2.24. The molecule has 5 nitrogen and oxygen atoms in total. The maximum Gasteiger partial charge on any atom is 0.265 e. The molecule has 1 heterocycles. The van der Waals surface area contributed by atoms with Crippen molar-refractivity contribution in [3.63, 3.8) is 0 Å². The minimum atomic E-state index is -0.629. The van der Waals surface area contributed by atoms with Crippen LogP contribution in [-0.2, 0) is 4.79 Å². The number of anilines is 1. The number of benzene rings is 2. The Hall–Kier alpha value is -2.82. The molecule has 1 N–H and O–H groups in total. The van der Waals surface area contributed by atoms with Crippen LogP contribution in [0.5, 0.6) is 5.75 Å². The molecule has 2 amide bonds. The first-order valence-electron chi connectivity index (χ1n) is 9.92. The number of nitrogens with zero attached hydrogens (tertiary/aromatic N) is 1. The molecular formula is C23H28N2O3. The zero-order chi connectivity index (χ0) is 20.1. The van der Waals surface area contributed by atoms with E-state index < -0.39 is 6.10 Å². The van der Waals surface area contributed by atoms with E-state index in [4.69, 9.17) is 4.74 Å². The lowest BCUT2D eigenvalue weighted by Gasteiger charge is -2.21. The summed E-state index contributed by atoms with van der Waals surface area (Å²) >= 11 is 0. The van der Waals surface area contributed by atoms with Crippen LogP contribution >= 0.6 is 0 Å². The van der Waals surface area contributed by atoms with Gasteiger partial charge in [-0.05, 0) is 68.5 Å². The van der Waals surface area contributed by atoms with Gasteiger partial charge in [0.15, 0.2) is 6.10 Å². The number of carbonyl (C=O) groups excluding carboxylic acids is 2. The molecule has 1 saturated heterocycles. The number of amides is 2. The standard InChI is InChI=1S/C23H28N2O3/c1-4-21(28-18-14-16(2)13-17(3)15-18)22(26)24-20-10-6-5-9-19(20)23(27)25-11-7-8-12-25/h5-6,9-10,13-15,21H,4,7-8,11-12H2,1-3H3,(H,24,26). The third kappa shape index (κ3) is 4.71. The summed E-state index contributed by atoms with van der Waals surface area (Å²) in [5.74, 6) is 0.404. The van der Waals surface area contributed by atoms with Crippen molar-refractivity contribution in [2.24, 2.45) is 0 Å².